The van der Waals surface area contributed by atoms with Crippen molar-refractivity contribution >= 4 is 17.5 Å². The number of nitriles is 1. The van der Waals surface area contributed by atoms with Crippen molar-refractivity contribution < 1.29 is 24.2 Å². The summed E-state index contributed by atoms with van der Waals surface area (Å²) in [5.74, 6) is -1.73. The highest BCUT2D eigenvalue weighted by molar-refractivity contribution is 5.91. The molecule has 8 nitrogen and oxygen atoms in total. The number of amides is 2. The lowest BCUT2D eigenvalue weighted by Gasteiger charge is -2.41. The molecule has 0 unspecified atom stereocenters. The molecule has 3 N–H and O–H groups in total. The Bertz CT molecular complexity index is 1180. The maximum absolute atomic E-state index is 13.6. The largest absolute Gasteiger partial charge is 0.380 e. The zero-order chi connectivity index (χ0) is 25.4. The van der Waals surface area contributed by atoms with Crippen molar-refractivity contribution in [3.05, 3.63) is 65.0 Å². The fourth-order valence-electron chi connectivity index (χ4n) is 5.98. The summed E-state index contributed by atoms with van der Waals surface area (Å²) in [5, 5.41) is 32.9. The average Bonchev–Trinajstić information content (AvgIpc) is 3.43. The molecule has 2 saturated heterocycles. The maximum atomic E-state index is 13.6. The van der Waals surface area contributed by atoms with Gasteiger partial charge in [0.05, 0.1) is 11.3 Å². The van der Waals surface area contributed by atoms with E-state index in [0.29, 0.717) is 25.2 Å². The molecule has 0 aromatic heterocycles. The van der Waals surface area contributed by atoms with E-state index in [1.54, 1.807) is 6.07 Å². The van der Waals surface area contributed by atoms with Crippen molar-refractivity contribution in [3.8, 4) is 6.07 Å². The summed E-state index contributed by atoms with van der Waals surface area (Å²) in [5.41, 5.74) is 3.04. The van der Waals surface area contributed by atoms with E-state index in [1.165, 1.54) is 17.0 Å². The Hall–Kier alpha value is -3.48. The van der Waals surface area contributed by atoms with Crippen LogP contribution >= 0.6 is 0 Å². The van der Waals surface area contributed by atoms with Gasteiger partial charge in [0.25, 0.3) is 11.8 Å². The van der Waals surface area contributed by atoms with Crippen molar-refractivity contribution in [3.63, 3.8) is 0 Å². The monoisotopic (exact) mass is 492 g/mol. The zero-order valence-corrected chi connectivity index (χ0v) is 19.8. The first-order valence-corrected chi connectivity index (χ1v) is 12.3. The summed E-state index contributed by atoms with van der Waals surface area (Å²) in [6.45, 7) is 0.994. The van der Waals surface area contributed by atoms with Gasteiger partial charge in [0.2, 0.25) is 0 Å². The molecule has 2 fully saturated rings. The van der Waals surface area contributed by atoms with E-state index in [0.717, 1.165) is 42.5 Å². The molecule has 2 aromatic carbocycles. The van der Waals surface area contributed by atoms with E-state index in [4.69, 9.17) is 0 Å². The first kappa shape index (κ1) is 24.2. The molecular weight excluding hydrogens is 463 g/mol. The van der Waals surface area contributed by atoms with Crippen LogP contribution in [0.3, 0.4) is 0 Å². The number of rotatable bonds is 6. The van der Waals surface area contributed by atoms with Gasteiger partial charge in [-0.3, -0.25) is 9.59 Å². The van der Waals surface area contributed by atoms with Crippen molar-refractivity contribution in [1.82, 2.24) is 10.2 Å². The van der Waals surface area contributed by atoms with Gasteiger partial charge in [-0.1, -0.05) is 24.3 Å². The number of carbonyl (C=O) groups excluding carboxylic acids is 2. The van der Waals surface area contributed by atoms with Crippen molar-refractivity contribution in [1.29, 1.82) is 5.26 Å². The maximum Gasteiger partial charge on any atom is 0.255 e. The predicted molar refractivity (Wildman–Crippen MR) is 129 cm³/mol. The number of nitrogens with one attached hydrogen (secondary N) is 1. The van der Waals surface area contributed by atoms with Gasteiger partial charge in [-0.15, -0.1) is 0 Å². The molecule has 3 aliphatic heterocycles. The molecule has 9 heteroatoms. The standard InChI is InChI=1S/C27H29FN4O4/c28-20-5-8-23(19(11-20)12-29)32-21-6-7-22(32)10-16(9-21)13-30-26(35)24(33)25(34)27(36)31-14-17-3-1-2-4-18(17)15-31/h1-5,8,11,16,21-22,24-25,33-34H,6-7,9-10,13-15H2,(H,30,35)/t21-,22-,24-,25-/m1/s1. The zero-order valence-electron chi connectivity index (χ0n) is 19.8. The Morgan fingerprint density at radius 3 is 2.31 bits per heavy atom. The molecule has 36 heavy (non-hydrogen) atoms. The molecule has 4 atom stereocenters. The number of halogens is 1. The van der Waals surface area contributed by atoms with Gasteiger partial charge in [0.1, 0.15) is 11.9 Å². The molecule has 0 radical (unpaired) electrons. The van der Waals surface area contributed by atoms with Crippen LogP contribution in [0.2, 0.25) is 0 Å². The smallest absolute Gasteiger partial charge is 0.255 e. The minimum Gasteiger partial charge on any atom is -0.380 e. The van der Waals surface area contributed by atoms with Gasteiger partial charge in [0, 0.05) is 31.7 Å². The van der Waals surface area contributed by atoms with Crippen molar-refractivity contribution in [2.24, 2.45) is 5.92 Å². The molecule has 188 valence electrons. The molecule has 0 spiro atoms. The quantitative estimate of drug-likeness (QED) is 0.567. The Kier molecular flexibility index (Phi) is 6.65. The number of nitrogens with zero attached hydrogens (tertiary/aromatic N) is 3. The lowest BCUT2D eigenvalue weighted by atomic mass is 9.89. The van der Waals surface area contributed by atoms with E-state index >= 15 is 0 Å². The van der Waals surface area contributed by atoms with Crippen molar-refractivity contribution in [2.75, 3.05) is 11.4 Å². The highest BCUT2D eigenvalue weighted by Crippen LogP contribution is 2.42. The van der Waals surface area contributed by atoms with E-state index in [1.807, 2.05) is 24.3 Å². The second-order valence-electron chi connectivity index (χ2n) is 10.0. The molecule has 3 aliphatic rings. The first-order chi connectivity index (χ1) is 17.4. The Balaban J connectivity index is 1.15. The predicted octanol–water partition coefficient (Wildman–Crippen LogP) is 1.83. The molecule has 3 heterocycles. The normalized spacial score (nSPS) is 24.1. The first-order valence-electron chi connectivity index (χ1n) is 12.3. The van der Waals surface area contributed by atoms with Gasteiger partial charge in [-0.2, -0.15) is 5.26 Å². The number of aliphatic hydroxyl groups is 2. The number of piperidine rings is 1. The summed E-state index contributed by atoms with van der Waals surface area (Å²) >= 11 is 0. The van der Waals surface area contributed by atoms with Gasteiger partial charge in [0.15, 0.2) is 12.2 Å². The van der Waals surface area contributed by atoms with E-state index in [2.05, 4.69) is 16.3 Å². The lowest BCUT2D eigenvalue weighted by molar-refractivity contribution is -0.153. The number of carbonyl (C=O) groups is 2. The van der Waals surface area contributed by atoms with Crippen LogP contribution in [0.5, 0.6) is 0 Å². The highest BCUT2D eigenvalue weighted by Gasteiger charge is 2.42. The highest BCUT2D eigenvalue weighted by atomic mass is 19.1. The minimum atomic E-state index is -1.85. The second-order valence-corrected chi connectivity index (χ2v) is 10.0. The fraction of sp³-hybridized carbons (Fsp3) is 0.444. The third-order valence-electron chi connectivity index (χ3n) is 7.73. The number of anilines is 1. The van der Waals surface area contributed by atoms with Crippen LogP contribution in [-0.2, 0) is 22.7 Å². The van der Waals surface area contributed by atoms with E-state index < -0.39 is 29.8 Å². The molecule has 2 bridgehead atoms. The van der Waals surface area contributed by atoms with Gasteiger partial charge >= 0.3 is 0 Å². The van der Waals surface area contributed by atoms with E-state index in [9.17, 15) is 29.5 Å². The van der Waals surface area contributed by atoms with Crippen LogP contribution in [0.1, 0.15) is 42.4 Å². The fourth-order valence-corrected chi connectivity index (χ4v) is 5.98. The molecule has 5 rings (SSSR count). The van der Waals surface area contributed by atoms with Crippen LogP contribution in [0, 0.1) is 23.1 Å². The summed E-state index contributed by atoms with van der Waals surface area (Å²) in [6.07, 6.45) is -0.224. The summed E-state index contributed by atoms with van der Waals surface area (Å²) in [4.78, 5) is 28.9. The minimum absolute atomic E-state index is 0.154. The Morgan fingerprint density at radius 2 is 1.69 bits per heavy atom. The second kappa shape index (κ2) is 9.88. The third-order valence-corrected chi connectivity index (χ3v) is 7.73. The van der Waals surface area contributed by atoms with Crippen LogP contribution in [0.4, 0.5) is 10.1 Å². The number of benzene rings is 2. The Morgan fingerprint density at radius 1 is 1.06 bits per heavy atom. The Labute approximate surface area is 208 Å². The topological polar surface area (TPSA) is 117 Å². The van der Waals surface area contributed by atoms with Gasteiger partial charge in [-0.25, -0.2) is 4.39 Å². The number of hydrogen-bond donors (Lipinski definition) is 3. The molecule has 2 aromatic rings. The van der Waals surface area contributed by atoms with Gasteiger partial charge in [-0.05, 0) is 60.9 Å². The molecular formula is C27H29FN4O4. The number of aliphatic hydroxyl groups excluding tert-OH is 2. The molecule has 0 aliphatic carbocycles. The SMILES string of the molecule is N#Cc1cc(F)ccc1N1[C@@H]2CC[C@@H]1CC(CNC(=O)[C@H](O)[C@@H](O)C(=O)N1Cc3ccccc3C1)C2. The van der Waals surface area contributed by atoms with Crippen LogP contribution < -0.4 is 10.2 Å². The van der Waals surface area contributed by atoms with Crippen molar-refractivity contribution in [2.45, 2.75) is 63.1 Å². The van der Waals surface area contributed by atoms with Gasteiger partial charge < -0.3 is 25.3 Å². The summed E-state index contributed by atoms with van der Waals surface area (Å²) < 4.78 is 13.6. The lowest BCUT2D eigenvalue weighted by Crippen LogP contribution is -2.51. The number of fused-ring (bicyclic) bond motifs is 3. The molecule has 0 saturated carbocycles. The van der Waals surface area contributed by atoms with Crippen LogP contribution in [-0.4, -0.2) is 57.8 Å². The average molecular weight is 493 g/mol. The number of hydrogen-bond acceptors (Lipinski definition) is 6. The summed E-state index contributed by atoms with van der Waals surface area (Å²) in [7, 11) is 0. The van der Waals surface area contributed by atoms with E-state index in [-0.39, 0.29) is 18.0 Å². The molecule has 2 amide bonds. The van der Waals surface area contributed by atoms with Crippen LogP contribution in [0.25, 0.3) is 0 Å². The van der Waals surface area contributed by atoms with Crippen LogP contribution in [0.15, 0.2) is 42.5 Å². The third kappa shape index (κ3) is 4.54. The summed E-state index contributed by atoms with van der Waals surface area (Å²) in [6, 6.07) is 14.3.